The summed E-state index contributed by atoms with van der Waals surface area (Å²) in [5.41, 5.74) is 2.74. The summed E-state index contributed by atoms with van der Waals surface area (Å²) in [5.74, 6) is 5.43. The molecule has 0 aromatic carbocycles. The third kappa shape index (κ3) is 2.78. The van der Waals surface area contributed by atoms with Crippen molar-refractivity contribution in [3.8, 4) is 0 Å². The molecule has 0 spiro atoms. The first kappa shape index (κ1) is 14.4. The molecule has 2 aromatic heterocycles. The van der Waals surface area contributed by atoms with Crippen molar-refractivity contribution < 1.29 is 13.2 Å². The summed E-state index contributed by atoms with van der Waals surface area (Å²) in [6, 6.07) is 3.52. The number of alkyl halides is 3. The fourth-order valence-electron chi connectivity index (χ4n) is 2.01. The van der Waals surface area contributed by atoms with Crippen LogP contribution in [0.1, 0.15) is 28.4 Å². The Hall–Kier alpha value is -1.99. The smallest absolute Gasteiger partial charge is 0.271 e. The Bertz CT molecular complexity index is 598. The number of nitrogens with one attached hydrogen (secondary N) is 1. The van der Waals surface area contributed by atoms with Crippen molar-refractivity contribution in [1.82, 2.24) is 15.4 Å². The minimum atomic E-state index is -4.48. The van der Waals surface area contributed by atoms with Gasteiger partial charge in [-0.2, -0.15) is 13.2 Å². The maximum atomic E-state index is 13.0. The Morgan fingerprint density at radius 3 is 2.60 bits per heavy atom. The minimum absolute atomic E-state index is 0.0516. The molecule has 2 rings (SSSR count). The number of aryl methyl sites for hydroxylation is 1. The van der Waals surface area contributed by atoms with E-state index in [0.29, 0.717) is 5.69 Å². The van der Waals surface area contributed by atoms with Crippen LogP contribution in [0.25, 0.3) is 0 Å². The van der Waals surface area contributed by atoms with Crippen LogP contribution in [0.15, 0.2) is 36.8 Å². The lowest BCUT2D eigenvalue weighted by Gasteiger charge is -2.21. The Kier molecular flexibility index (Phi) is 4.01. The Labute approximate surface area is 113 Å². The maximum absolute atomic E-state index is 13.0. The van der Waals surface area contributed by atoms with E-state index >= 15 is 0 Å². The van der Waals surface area contributed by atoms with Gasteiger partial charge >= 0.3 is 6.18 Å². The van der Waals surface area contributed by atoms with E-state index in [-0.39, 0.29) is 5.56 Å². The van der Waals surface area contributed by atoms with Gasteiger partial charge in [-0.1, -0.05) is 6.07 Å². The molecule has 4 nitrogen and oxygen atoms in total. The SMILES string of the molecule is Cc1cccnc1C(NN)c1cnccc1C(F)(F)F. The lowest BCUT2D eigenvalue weighted by Crippen LogP contribution is -2.32. The molecule has 1 unspecified atom stereocenters. The topological polar surface area (TPSA) is 63.8 Å². The van der Waals surface area contributed by atoms with Crippen LogP contribution >= 0.6 is 0 Å². The summed E-state index contributed by atoms with van der Waals surface area (Å²) in [7, 11) is 0. The molecule has 0 aliphatic carbocycles. The third-order valence-corrected chi connectivity index (χ3v) is 2.96. The number of aromatic nitrogens is 2. The van der Waals surface area contributed by atoms with E-state index < -0.39 is 17.8 Å². The van der Waals surface area contributed by atoms with Crippen LogP contribution in [0.4, 0.5) is 13.2 Å². The van der Waals surface area contributed by atoms with Crippen molar-refractivity contribution in [3.63, 3.8) is 0 Å². The van der Waals surface area contributed by atoms with E-state index in [4.69, 9.17) is 5.84 Å². The average molecular weight is 282 g/mol. The number of nitrogens with zero attached hydrogens (tertiary/aromatic N) is 2. The van der Waals surface area contributed by atoms with Crippen molar-refractivity contribution in [2.24, 2.45) is 5.84 Å². The first-order valence-electron chi connectivity index (χ1n) is 5.84. The van der Waals surface area contributed by atoms with Crippen LogP contribution in [-0.4, -0.2) is 9.97 Å². The number of hydrogen-bond donors (Lipinski definition) is 2. The molecule has 0 saturated carbocycles. The molecule has 2 heterocycles. The highest BCUT2D eigenvalue weighted by molar-refractivity contribution is 5.36. The molecule has 0 aliphatic heterocycles. The second-order valence-corrected chi connectivity index (χ2v) is 4.27. The van der Waals surface area contributed by atoms with Crippen molar-refractivity contribution in [2.45, 2.75) is 19.1 Å². The molecule has 0 saturated heterocycles. The van der Waals surface area contributed by atoms with E-state index in [9.17, 15) is 13.2 Å². The van der Waals surface area contributed by atoms with Crippen molar-refractivity contribution in [3.05, 3.63) is 59.2 Å². The zero-order valence-corrected chi connectivity index (χ0v) is 10.6. The highest BCUT2D eigenvalue weighted by atomic mass is 19.4. The van der Waals surface area contributed by atoms with E-state index in [0.717, 1.165) is 24.0 Å². The van der Waals surface area contributed by atoms with Gasteiger partial charge < -0.3 is 0 Å². The van der Waals surface area contributed by atoms with Gasteiger partial charge in [-0.3, -0.25) is 15.8 Å². The highest BCUT2D eigenvalue weighted by Gasteiger charge is 2.36. The van der Waals surface area contributed by atoms with Gasteiger partial charge in [0.25, 0.3) is 0 Å². The van der Waals surface area contributed by atoms with Gasteiger partial charge in [0, 0.05) is 24.2 Å². The monoisotopic (exact) mass is 282 g/mol. The van der Waals surface area contributed by atoms with Crippen molar-refractivity contribution in [1.29, 1.82) is 0 Å². The second-order valence-electron chi connectivity index (χ2n) is 4.27. The van der Waals surface area contributed by atoms with Gasteiger partial charge in [-0.15, -0.1) is 0 Å². The lowest BCUT2D eigenvalue weighted by molar-refractivity contribution is -0.138. The van der Waals surface area contributed by atoms with E-state index in [2.05, 4.69) is 15.4 Å². The Morgan fingerprint density at radius 1 is 1.25 bits per heavy atom. The number of halogens is 3. The predicted octanol–water partition coefficient (Wildman–Crippen LogP) is 2.36. The van der Waals surface area contributed by atoms with Crippen LogP contribution in [0.5, 0.6) is 0 Å². The fourth-order valence-corrected chi connectivity index (χ4v) is 2.01. The van der Waals surface area contributed by atoms with E-state index in [1.165, 1.54) is 6.20 Å². The standard InChI is InChI=1S/C13H13F3N4/c1-8-3-2-5-19-11(8)12(20-17)9-7-18-6-4-10(9)13(14,15)16/h2-7,12,20H,17H2,1H3. The van der Waals surface area contributed by atoms with Gasteiger partial charge in [-0.25, -0.2) is 5.43 Å². The molecule has 0 bridgehead atoms. The molecule has 0 fully saturated rings. The predicted molar refractivity (Wildman–Crippen MR) is 67.4 cm³/mol. The fraction of sp³-hybridized carbons (Fsp3) is 0.231. The number of hydrazine groups is 1. The second kappa shape index (κ2) is 5.56. The zero-order valence-electron chi connectivity index (χ0n) is 10.6. The molecule has 106 valence electrons. The summed E-state index contributed by atoms with van der Waals surface area (Å²) in [4.78, 5) is 7.87. The molecular weight excluding hydrogens is 269 g/mol. The normalized spacial score (nSPS) is 13.2. The lowest BCUT2D eigenvalue weighted by atomic mass is 9.97. The molecule has 0 radical (unpaired) electrons. The molecule has 20 heavy (non-hydrogen) atoms. The average Bonchev–Trinajstić information content (AvgIpc) is 2.41. The molecular formula is C13H13F3N4. The summed E-state index contributed by atoms with van der Waals surface area (Å²) in [5, 5.41) is 0. The molecule has 7 heteroatoms. The van der Waals surface area contributed by atoms with E-state index in [1.807, 2.05) is 0 Å². The van der Waals surface area contributed by atoms with E-state index in [1.54, 1.807) is 19.1 Å². The zero-order chi connectivity index (χ0) is 14.8. The summed E-state index contributed by atoms with van der Waals surface area (Å²) in [6.45, 7) is 1.76. The summed E-state index contributed by atoms with van der Waals surface area (Å²) < 4.78 is 39.1. The molecule has 2 aromatic rings. The van der Waals surface area contributed by atoms with Crippen LogP contribution in [-0.2, 0) is 6.18 Å². The van der Waals surface area contributed by atoms with Gasteiger partial charge in [-0.05, 0) is 24.6 Å². The van der Waals surface area contributed by atoms with Crippen molar-refractivity contribution >= 4 is 0 Å². The number of rotatable bonds is 3. The van der Waals surface area contributed by atoms with Gasteiger partial charge in [0.1, 0.15) is 0 Å². The van der Waals surface area contributed by atoms with Crippen LogP contribution in [0.2, 0.25) is 0 Å². The highest BCUT2D eigenvalue weighted by Crippen LogP contribution is 2.35. The summed E-state index contributed by atoms with van der Waals surface area (Å²) >= 11 is 0. The molecule has 3 N–H and O–H groups in total. The van der Waals surface area contributed by atoms with Crippen molar-refractivity contribution in [2.75, 3.05) is 0 Å². The summed E-state index contributed by atoms with van der Waals surface area (Å²) in [6.07, 6.45) is -0.709. The van der Waals surface area contributed by atoms with Crippen LogP contribution in [0.3, 0.4) is 0 Å². The van der Waals surface area contributed by atoms with Gasteiger partial charge in [0.2, 0.25) is 0 Å². The minimum Gasteiger partial charge on any atom is -0.271 e. The molecule has 0 aliphatic rings. The maximum Gasteiger partial charge on any atom is 0.416 e. The Balaban J connectivity index is 2.57. The van der Waals surface area contributed by atoms with Gasteiger partial charge in [0.15, 0.2) is 0 Å². The number of hydrogen-bond acceptors (Lipinski definition) is 4. The number of nitrogens with two attached hydrogens (primary N) is 1. The first-order valence-corrected chi connectivity index (χ1v) is 5.84. The molecule has 0 amide bonds. The third-order valence-electron chi connectivity index (χ3n) is 2.96. The molecule has 1 atom stereocenters. The quantitative estimate of drug-likeness (QED) is 0.670. The van der Waals surface area contributed by atoms with Crippen LogP contribution < -0.4 is 11.3 Å². The largest absolute Gasteiger partial charge is 0.416 e. The Morgan fingerprint density at radius 2 is 2.00 bits per heavy atom. The van der Waals surface area contributed by atoms with Crippen LogP contribution in [0, 0.1) is 6.92 Å². The first-order chi connectivity index (χ1) is 9.45. The van der Waals surface area contributed by atoms with Gasteiger partial charge in [0.05, 0.1) is 17.3 Å². The number of pyridine rings is 2.